The molecule has 1 aromatic carbocycles. The Morgan fingerprint density at radius 3 is 1.79 bits per heavy atom. The molecular formula is C49H71N3O15S. The quantitative estimate of drug-likeness (QED) is 0.0459. The molecule has 1 aliphatic rings. The molecule has 0 spiro atoms. The van der Waals surface area contributed by atoms with E-state index in [2.05, 4.69) is 4.98 Å². The van der Waals surface area contributed by atoms with Crippen molar-refractivity contribution < 1.29 is 75.2 Å². The Hall–Kier alpha value is -5.14. The van der Waals surface area contributed by atoms with E-state index in [1.807, 2.05) is 12.1 Å². The normalized spacial score (nSPS) is 20.3. The second-order valence-corrected chi connectivity index (χ2v) is 22.4. The van der Waals surface area contributed by atoms with E-state index in [4.69, 9.17) is 47.9 Å². The first kappa shape index (κ1) is 49.3. The van der Waals surface area contributed by atoms with Crippen LogP contribution in [-0.2, 0) is 81.3 Å². The van der Waals surface area contributed by atoms with Gasteiger partial charge in [-0.05, 0) is 152 Å². The van der Waals surface area contributed by atoms with Crippen molar-refractivity contribution in [3.05, 3.63) is 47.7 Å². The number of esters is 5. The topological polar surface area (TPSA) is 224 Å². The van der Waals surface area contributed by atoms with Crippen molar-refractivity contribution >= 4 is 51.0 Å². The van der Waals surface area contributed by atoms with Crippen molar-refractivity contribution in [1.29, 1.82) is 0 Å². The van der Waals surface area contributed by atoms with Crippen LogP contribution in [0.5, 0.6) is 11.6 Å². The molecule has 1 saturated heterocycles. The Labute approximate surface area is 406 Å². The third-order valence-corrected chi connectivity index (χ3v) is 10.7. The molecule has 3 heterocycles. The predicted molar refractivity (Wildman–Crippen MR) is 250 cm³/mol. The largest absolute Gasteiger partial charge is 0.462 e. The number of pyridine rings is 1. The fourth-order valence-electron chi connectivity index (χ4n) is 6.08. The maximum Gasteiger partial charge on any atom is 0.316 e. The summed E-state index contributed by atoms with van der Waals surface area (Å²) in [5.41, 5.74) is -4.64. The minimum Gasteiger partial charge on any atom is -0.462 e. The average Bonchev–Trinajstić information content (AvgIpc) is 3.67. The first-order valence-corrected chi connectivity index (χ1v) is 23.9. The molecule has 0 amide bonds. The summed E-state index contributed by atoms with van der Waals surface area (Å²) in [6.07, 6.45) is -5.40. The number of aryl methyl sites for hydroxylation is 3. The minimum atomic E-state index is -3.78. The minimum absolute atomic E-state index is 0.0544. The summed E-state index contributed by atoms with van der Waals surface area (Å²) in [5.74, 6) is -3.91. The molecule has 0 bridgehead atoms. The monoisotopic (exact) mass is 977 g/mol. The SMILES string of the molecule is [2H]CC(C)(C)C(=O)OC[C@H]1OC(Oc2nn(CCCOS(C)(=O)=O)c3nccc(CCc4ccc(OC(=O)C(C)(C)C)cc4)c23)[C@H](OC(=O)C(C)(C)C[2H])[C@@H](OC(=O)C(C)(C)C[2H])[C@@H]1OC(=O)C(C)(C)C[2H]. The zero-order valence-electron chi connectivity index (χ0n) is 45.3. The molecule has 0 N–H and O–H groups in total. The van der Waals surface area contributed by atoms with E-state index in [0.29, 0.717) is 29.5 Å². The van der Waals surface area contributed by atoms with Gasteiger partial charge in [-0.2, -0.15) is 8.42 Å². The number of rotatable bonds is 16. The highest BCUT2D eigenvalue weighted by molar-refractivity contribution is 7.85. The molecule has 5 atom stereocenters. The van der Waals surface area contributed by atoms with Crippen LogP contribution < -0.4 is 9.47 Å². The predicted octanol–water partition coefficient (Wildman–Crippen LogP) is 7.10. The fourth-order valence-corrected chi connectivity index (χ4v) is 6.50. The second-order valence-electron chi connectivity index (χ2n) is 20.8. The van der Waals surface area contributed by atoms with Crippen LogP contribution in [0, 0.1) is 27.1 Å². The van der Waals surface area contributed by atoms with Crippen LogP contribution in [-0.4, -0.2) is 103 Å². The van der Waals surface area contributed by atoms with E-state index in [0.717, 1.165) is 11.8 Å². The number of benzene rings is 1. The number of fused-ring (bicyclic) bond motifs is 1. The van der Waals surface area contributed by atoms with Crippen LogP contribution in [0.2, 0.25) is 0 Å². The summed E-state index contributed by atoms with van der Waals surface area (Å²) in [5, 5.41) is 5.09. The van der Waals surface area contributed by atoms with Gasteiger partial charge in [-0.15, -0.1) is 5.10 Å². The summed E-state index contributed by atoms with van der Waals surface area (Å²) in [6, 6.07) is 8.73. The molecule has 68 heavy (non-hydrogen) atoms. The molecule has 3 aromatic rings. The number of hydrogen-bond donors (Lipinski definition) is 0. The van der Waals surface area contributed by atoms with Crippen molar-refractivity contribution in [2.24, 2.45) is 27.1 Å². The highest BCUT2D eigenvalue weighted by Gasteiger charge is 2.56. The molecule has 0 aliphatic carbocycles. The van der Waals surface area contributed by atoms with Crippen LogP contribution in [0.15, 0.2) is 36.5 Å². The van der Waals surface area contributed by atoms with Crippen molar-refractivity contribution in [1.82, 2.24) is 14.8 Å². The summed E-state index contributed by atoms with van der Waals surface area (Å²) in [7, 11) is -3.78. The molecule has 18 nitrogen and oxygen atoms in total. The Morgan fingerprint density at radius 1 is 0.706 bits per heavy atom. The first-order chi connectivity index (χ1) is 33.3. The molecule has 1 aliphatic heterocycles. The third kappa shape index (κ3) is 15.4. The van der Waals surface area contributed by atoms with E-state index < -0.39 is 125 Å². The number of ether oxygens (including phenoxy) is 7. The van der Waals surface area contributed by atoms with Crippen molar-refractivity contribution in [3.63, 3.8) is 0 Å². The Bertz CT molecular complexity index is 2510. The molecule has 378 valence electrons. The summed E-state index contributed by atoms with van der Waals surface area (Å²) in [6.45, 7) is 14.3. The van der Waals surface area contributed by atoms with Gasteiger partial charge in [-0.3, -0.25) is 28.2 Å². The van der Waals surface area contributed by atoms with Crippen LogP contribution in [0.3, 0.4) is 0 Å². The Balaban J connectivity index is 1.94. The molecule has 0 saturated carbocycles. The van der Waals surface area contributed by atoms with Gasteiger partial charge >= 0.3 is 29.8 Å². The van der Waals surface area contributed by atoms with Gasteiger partial charge in [0.25, 0.3) is 10.1 Å². The molecule has 2 aromatic heterocycles. The zero-order valence-corrected chi connectivity index (χ0v) is 42.1. The van der Waals surface area contributed by atoms with Gasteiger partial charge in [-0.1, -0.05) is 12.1 Å². The molecule has 1 fully saturated rings. The van der Waals surface area contributed by atoms with Crippen LogP contribution in [0.4, 0.5) is 0 Å². The molecule has 1 unspecified atom stereocenters. The van der Waals surface area contributed by atoms with Gasteiger partial charge < -0.3 is 33.2 Å². The number of aromatic nitrogens is 3. The highest BCUT2D eigenvalue weighted by atomic mass is 32.2. The van der Waals surface area contributed by atoms with E-state index in [1.165, 1.54) is 60.1 Å². The Morgan fingerprint density at radius 2 is 1.25 bits per heavy atom. The van der Waals surface area contributed by atoms with Crippen molar-refractivity contribution in [2.45, 2.75) is 160 Å². The van der Waals surface area contributed by atoms with Gasteiger partial charge in [0.2, 0.25) is 18.3 Å². The maximum absolute atomic E-state index is 14.1. The van der Waals surface area contributed by atoms with Gasteiger partial charge in [0, 0.05) is 18.2 Å². The fraction of sp³-hybridized carbons (Fsp3) is 0.653. The number of hydrogen-bond acceptors (Lipinski definition) is 17. The van der Waals surface area contributed by atoms with E-state index in [1.54, 1.807) is 45.2 Å². The van der Waals surface area contributed by atoms with Crippen LogP contribution >= 0.6 is 0 Å². The van der Waals surface area contributed by atoms with Gasteiger partial charge in [0.1, 0.15) is 18.5 Å². The van der Waals surface area contributed by atoms with Crippen LogP contribution in [0.1, 0.15) is 127 Å². The van der Waals surface area contributed by atoms with Crippen molar-refractivity contribution in [3.8, 4) is 11.6 Å². The summed E-state index contributed by atoms with van der Waals surface area (Å²) in [4.78, 5) is 72.6. The second kappa shape index (κ2) is 21.2. The highest BCUT2D eigenvalue weighted by Crippen LogP contribution is 2.37. The lowest BCUT2D eigenvalue weighted by molar-refractivity contribution is -0.294. The summed E-state index contributed by atoms with van der Waals surface area (Å²) >= 11 is 0. The molecule has 0 radical (unpaired) electrons. The van der Waals surface area contributed by atoms with E-state index in [9.17, 15) is 32.4 Å². The number of carbonyl (C=O) groups excluding carboxylic acids is 5. The van der Waals surface area contributed by atoms with E-state index in [-0.39, 0.29) is 38.0 Å². The van der Waals surface area contributed by atoms with E-state index >= 15 is 0 Å². The lowest BCUT2D eigenvalue weighted by atomic mass is 9.93. The third-order valence-electron chi connectivity index (χ3n) is 10.1. The first-order valence-electron chi connectivity index (χ1n) is 24.9. The van der Waals surface area contributed by atoms with Gasteiger partial charge in [0.05, 0.1) is 45.3 Å². The summed E-state index contributed by atoms with van der Waals surface area (Å²) < 4.78 is 105. The standard InChI is InChI=1S/C49H71N3O15S/c1-45(2,3)40(53)60-28-32-34(64-42(55)47(7,8)9)35(65-43(56)48(10,11)12)36(66-44(57)49(13,14)15)39(63-32)67-38-33-30(21-18-29-19-22-31(23-20-29)62-41(54)46(4,5)6)24-25-50-37(33)52(51-38)26-17-27-61-68(16,58)59/h19-20,22-25,32,34-36,39H,17-18,21,26-28H2,1-16H3/t32-,34-,35+,36-,39?/m1/s1/i1D,7D,10D,13D. The lowest BCUT2D eigenvalue weighted by Crippen LogP contribution is -2.65. The van der Waals surface area contributed by atoms with Gasteiger partial charge in [0.15, 0.2) is 17.9 Å². The van der Waals surface area contributed by atoms with Gasteiger partial charge in [-0.25, -0.2) is 9.67 Å². The number of nitrogens with zero attached hydrogens (tertiary/aromatic N) is 3. The zero-order chi connectivity index (χ0) is 54.2. The lowest BCUT2D eigenvalue weighted by Gasteiger charge is -2.45. The number of carbonyl (C=O) groups is 5. The molecule has 19 heteroatoms. The maximum atomic E-state index is 14.1. The van der Waals surface area contributed by atoms with Crippen LogP contribution in [0.25, 0.3) is 11.0 Å². The average molecular weight is 978 g/mol. The smallest absolute Gasteiger partial charge is 0.316 e. The molecule has 4 rings (SSSR count). The Kier molecular flexibility index (Phi) is 15.4. The van der Waals surface area contributed by atoms with Crippen molar-refractivity contribution in [2.75, 3.05) is 19.5 Å². The molecular weight excluding hydrogens is 903 g/mol.